The number of ether oxygens (including phenoxy) is 3. The number of nitrogens with one attached hydrogen (secondary N) is 2. The molecule has 2 N–H and O–H groups in total. The van der Waals surface area contributed by atoms with Gasteiger partial charge in [0.15, 0.2) is 23.3 Å². The number of hydrogen-bond donors (Lipinski definition) is 2. The van der Waals surface area contributed by atoms with Crippen molar-refractivity contribution in [1.82, 2.24) is 25.4 Å². The summed E-state index contributed by atoms with van der Waals surface area (Å²) >= 11 is 6.37. The van der Waals surface area contributed by atoms with Gasteiger partial charge in [0.1, 0.15) is 12.4 Å². The topological polar surface area (TPSA) is 94.8 Å². The van der Waals surface area contributed by atoms with Crippen LogP contribution in [0.3, 0.4) is 0 Å². The normalized spacial score (nSPS) is 15.6. The van der Waals surface area contributed by atoms with Crippen LogP contribution in [0, 0.1) is 0 Å². The Morgan fingerprint density at radius 1 is 1.35 bits per heavy atom. The number of fused-ring (bicyclic) bond motifs is 1. The number of aliphatic imine (C=N–C) groups is 1. The van der Waals surface area contributed by atoms with Gasteiger partial charge >= 0.3 is 0 Å². The molecule has 0 bridgehead atoms. The van der Waals surface area contributed by atoms with Gasteiger partial charge in [0, 0.05) is 33.2 Å². The summed E-state index contributed by atoms with van der Waals surface area (Å²) in [5.41, 5.74) is 0.967. The van der Waals surface area contributed by atoms with Crippen molar-refractivity contribution in [2.24, 2.45) is 4.99 Å². The molecular weight excluding hydrogens is 535 g/mol. The molecule has 0 aliphatic carbocycles. The summed E-state index contributed by atoms with van der Waals surface area (Å²) < 4.78 is 18.1. The summed E-state index contributed by atoms with van der Waals surface area (Å²) in [5.74, 6) is 3.61. The third-order valence-corrected chi connectivity index (χ3v) is 5.06. The zero-order valence-electron chi connectivity index (χ0n) is 18.3. The molecule has 0 saturated carbocycles. The zero-order valence-corrected chi connectivity index (χ0v) is 21.4. The lowest BCUT2D eigenvalue weighted by atomic mass is 10.1. The van der Waals surface area contributed by atoms with E-state index >= 15 is 0 Å². The van der Waals surface area contributed by atoms with Crippen LogP contribution in [-0.4, -0.2) is 54.6 Å². The van der Waals surface area contributed by atoms with Crippen LogP contribution in [-0.2, 0) is 30.9 Å². The first-order chi connectivity index (χ1) is 14.6. The van der Waals surface area contributed by atoms with Crippen molar-refractivity contribution in [1.29, 1.82) is 0 Å². The van der Waals surface area contributed by atoms with Gasteiger partial charge in [0.25, 0.3) is 0 Å². The number of rotatable bonds is 8. The molecule has 1 atom stereocenters. The van der Waals surface area contributed by atoms with E-state index in [2.05, 4.69) is 25.7 Å². The largest absolute Gasteiger partial charge is 0.493 e. The predicted molar refractivity (Wildman–Crippen MR) is 131 cm³/mol. The molecule has 0 spiro atoms. The van der Waals surface area contributed by atoms with E-state index in [-0.39, 0.29) is 30.0 Å². The highest BCUT2D eigenvalue weighted by atomic mass is 127. The van der Waals surface area contributed by atoms with Crippen molar-refractivity contribution in [2.45, 2.75) is 45.5 Å². The molecule has 9 nitrogen and oxygen atoms in total. The quantitative estimate of drug-likeness (QED) is 0.289. The maximum atomic E-state index is 6.37. The molecule has 3 rings (SSSR count). The molecule has 1 unspecified atom stereocenters. The molecule has 1 aliphatic rings. The van der Waals surface area contributed by atoms with E-state index < -0.39 is 0 Å². The maximum Gasteiger partial charge on any atom is 0.191 e. The molecule has 172 valence electrons. The van der Waals surface area contributed by atoms with E-state index in [4.69, 9.17) is 25.8 Å². The lowest BCUT2D eigenvalue weighted by Crippen LogP contribution is -2.46. The average Bonchev–Trinajstić information content (AvgIpc) is 3.14. The van der Waals surface area contributed by atoms with Gasteiger partial charge in [0.2, 0.25) is 0 Å². The van der Waals surface area contributed by atoms with Crippen molar-refractivity contribution in [2.75, 3.05) is 27.9 Å². The average molecular weight is 565 g/mol. The number of benzene rings is 1. The van der Waals surface area contributed by atoms with E-state index in [0.717, 1.165) is 36.6 Å². The zero-order chi connectivity index (χ0) is 21.5. The Morgan fingerprint density at radius 2 is 2.16 bits per heavy atom. The number of hydrogen-bond acceptors (Lipinski definition) is 6. The molecule has 31 heavy (non-hydrogen) atoms. The van der Waals surface area contributed by atoms with Crippen molar-refractivity contribution in [3.05, 3.63) is 34.4 Å². The number of methoxy groups -OCH3 is 2. The molecule has 1 aliphatic heterocycles. The van der Waals surface area contributed by atoms with Gasteiger partial charge in [-0.15, -0.1) is 24.0 Å². The first-order valence-corrected chi connectivity index (χ1v) is 10.3. The van der Waals surface area contributed by atoms with E-state index in [1.54, 1.807) is 21.3 Å². The van der Waals surface area contributed by atoms with Gasteiger partial charge < -0.3 is 24.8 Å². The minimum absolute atomic E-state index is 0. The second kappa shape index (κ2) is 12.3. The van der Waals surface area contributed by atoms with E-state index in [1.165, 1.54) is 0 Å². The van der Waals surface area contributed by atoms with Crippen LogP contribution in [0.4, 0.5) is 0 Å². The highest BCUT2D eigenvalue weighted by Crippen LogP contribution is 2.36. The highest BCUT2D eigenvalue weighted by Gasteiger charge is 2.22. The Kier molecular flexibility index (Phi) is 10.1. The fourth-order valence-corrected chi connectivity index (χ4v) is 3.69. The van der Waals surface area contributed by atoms with Gasteiger partial charge in [-0.3, -0.25) is 4.99 Å². The van der Waals surface area contributed by atoms with Crippen molar-refractivity contribution < 1.29 is 14.2 Å². The first-order valence-electron chi connectivity index (χ1n) is 9.95. The second-order valence-electron chi connectivity index (χ2n) is 6.91. The lowest BCUT2D eigenvalue weighted by molar-refractivity contribution is 0.177. The Labute approximate surface area is 204 Å². The van der Waals surface area contributed by atoms with Crippen LogP contribution < -0.4 is 20.1 Å². The van der Waals surface area contributed by atoms with Crippen LogP contribution in [0.1, 0.15) is 30.6 Å². The predicted octanol–water partition coefficient (Wildman–Crippen LogP) is 2.78. The van der Waals surface area contributed by atoms with Gasteiger partial charge in [-0.1, -0.05) is 11.6 Å². The van der Waals surface area contributed by atoms with Gasteiger partial charge in [0.05, 0.1) is 25.3 Å². The van der Waals surface area contributed by atoms with Crippen LogP contribution in [0.15, 0.2) is 17.1 Å². The minimum atomic E-state index is 0. The second-order valence-corrected chi connectivity index (χ2v) is 7.31. The molecule has 1 aromatic carbocycles. The summed E-state index contributed by atoms with van der Waals surface area (Å²) in [6.45, 7) is 4.13. The van der Waals surface area contributed by atoms with E-state index in [1.807, 2.05) is 23.7 Å². The summed E-state index contributed by atoms with van der Waals surface area (Å²) in [6, 6.07) is 3.99. The van der Waals surface area contributed by atoms with Gasteiger partial charge in [-0.2, -0.15) is 5.10 Å². The number of halogens is 2. The summed E-state index contributed by atoms with van der Waals surface area (Å²) in [5, 5.41) is 11.8. The van der Waals surface area contributed by atoms with Crippen molar-refractivity contribution >= 4 is 41.5 Å². The first kappa shape index (κ1) is 25.5. The smallest absolute Gasteiger partial charge is 0.191 e. The van der Waals surface area contributed by atoms with Crippen molar-refractivity contribution in [3.63, 3.8) is 0 Å². The molecule has 0 saturated heterocycles. The van der Waals surface area contributed by atoms with E-state index in [9.17, 15) is 0 Å². The molecule has 11 heteroatoms. The van der Waals surface area contributed by atoms with E-state index in [0.29, 0.717) is 42.2 Å². The minimum Gasteiger partial charge on any atom is -0.493 e. The van der Waals surface area contributed by atoms with Crippen LogP contribution in [0.5, 0.6) is 11.5 Å². The Balaban J connectivity index is 0.00000341. The summed E-state index contributed by atoms with van der Waals surface area (Å²) in [6.07, 6.45) is 1.81. The van der Waals surface area contributed by atoms with Crippen LogP contribution >= 0.6 is 35.6 Å². The third-order valence-electron chi connectivity index (χ3n) is 4.78. The third kappa shape index (κ3) is 6.59. The standard InChI is InChI=1S/C20H29ClN6O3.HI/c1-5-30-19-15(21)8-13(9-16(19)29-4)10-23-20(22-2)24-14-6-7-18-25-17(12-28-3)26-27(18)11-14;/h8-9,14H,5-7,10-12H2,1-4H3,(H2,22,23,24);1H. The Morgan fingerprint density at radius 3 is 2.84 bits per heavy atom. The van der Waals surface area contributed by atoms with Gasteiger partial charge in [-0.25, -0.2) is 9.67 Å². The van der Waals surface area contributed by atoms with Crippen molar-refractivity contribution in [3.8, 4) is 11.5 Å². The Bertz CT molecular complexity index is 892. The maximum absolute atomic E-state index is 6.37. The molecule has 0 fully saturated rings. The molecule has 0 radical (unpaired) electrons. The number of aryl methyl sites for hydroxylation is 1. The molecule has 1 aromatic heterocycles. The summed E-state index contributed by atoms with van der Waals surface area (Å²) in [7, 11) is 5.00. The molecule has 2 heterocycles. The molecular formula is C20H30ClIN6O3. The lowest BCUT2D eigenvalue weighted by Gasteiger charge is -2.25. The Hall–Kier alpha value is -1.79. The number of aromatic nitrogens is 3. The number of guanidine groups is 1. The molecule has 2 aromatic rings. The fourth-order valence-electron chi connectivity index (χ4n) is 3.40. The monoisotopic (exact) mass is 564 g/mol. The molecule has 0 amide bonds. The fraction of sp³-hybridized carbons (Fsp3) is 0.550. The highest BCUT2D eigenvalue weighted by molar-refractivity contribution is 14.0. The SMILES string of the molecule is CCOc1c(Cl)cc(CNC(=NC)NC2CCc3nc(COC)nn3C2)cc1OC.I. The van der Waals surface area contributed by atoms with Gasteiger partial charge in [-0.05, 0) is 31.0 Å². The number of nitrogens with zero attached hydrogens (tertiary/aromatic N) is 4. The summed E-state index contributed by atoms with van der Waals surface area (Å²) in [4.78, 5) is 8.85. The van der Waals surface area contributed by atoms with Crippen LogP contribution in [0.2, 0.25) is 5.02 Å². The van der Waals surface area contributed by atoms with Crippen LogP contribution in [0.25, 0.3) is 0 Å².